The molecule has 4 nitrogen and oxygen atoms in total. The third-order valence-electron chi connectivity index (χ3n) is 3.64. The Labute approximate surface area is 129 Å². The molecule has 0 bridgehead atoms. The molecule has 0 saturated carbocycles. The SMILES string of the molecule is CCCc1ccc(C(=O)N2CCSCC2CC(=O)O)cc1. The van der Waals surface area contributed by atoms with Crippen LogP contribution in [0.5, 0.6) is 0 Å². The number of rotatable bonds is 5. The lowest BCUT2D eigenvalue weighted by Gasteiger charge is -2.34. The first kappa shape index (κ1) is 15.9. The van der Waals surface area contributed by atoms with Crippen molar-refractivity contribution >= 4 is 23.6 Å². The minimum Gasteiger partial charge on any atom is -0.481 e. The van der Waals surface area contributed by atoms with E-state index in [1.165, 1.54) is 5.56 Å². The van der Waals surface area contributed by atoms with E-state index >= 15 is 0 Å². The molecular weight excluding hydrogens is 286 g/mol. The van der Waals surface area contributed by atoms with E-state index in [1.807, 2.05) is 24.3 Å². The number of carbonyl (C=O) groups excluding carboxylic acids is 1. The Kier molecular flexibility index (Phi) is 5.67. The van der Waals surface area contributed by atoms with Crippen molar-refractivity contribution in [3.05, 3.63) is 35.4 Å². The molecule has 1 saturated heterocycles. The van der Waals surface area contributed by atoms with E-state index in [-0.39, 0.29) is 18.4 Å². The summed E-state index contributed by atoms with van der Waals surface area (Å²) in [5.74, 6) is 0.671. The molecular formula is C16H21NO3S. The molecule has 1 amide bonds. The van der Waals surface area contributed by atoms with Gasteiger partial charge in [0.05, 0.1) is 12.5 Å². The van der Waals surface area contributed by atoms with Crippen LogP contribution in [0.25, 0.3) is 0 Å². The largest absolute Gasteiger partial charge is 0.481 e. The minimum atomic E-state index is -0.849. The number of amides is 1. The van der Waals surface area contributed by atoms with Gasteiger partial charge in [-0.25, -0.2) is 0 Å². The summed E-state index contributed by atoms with van der Waals surface area (Å²) in [5, 5.41) is 8.98. The Morgan fingerprint density at radius 1 is 1.33 bits per heavy atom. The summed E-state index contributed by atoms with van der Waals surface area (Å²) in [6.45, 7) is 2.75. The van der Waals surface area contributed by atoms with Crippen molar-refractivity contribution < 1.29 is 14.7 Å². The maximum Gasteiger partial charge on any atom is 0.305 e. The third-order valence-corrected chi connectivity index (χ3v) is 4.73. The first-order valence-electron chi connectivity index (χ1n) is 7.31. The standard InChI is InChI=1S/C16H21NO3S/c1-2-3-12-4-6-13(7-5-12)16(20)17-8-9-21-11-14(17)10-15(18)19/h4-7,14H,2-3,8-11H2,1H3,(H,18,19). The number of aryl methyl sites for hydroxylation is 1. The van der Waals surface area contributed by atoms with Crippen molar-refractivity contribution in [2.24, 2.45) is 0 Å². The van der Waals surface area contributed by atoms with Gasteiger partial charge >= 0.3 is 5.97 Å². The number of aliphatic carboxylic acids is 1. The fraction of sp³-hybridized carbons (Fsp3) is 0.500. The highest BCUT2D eigenvalue weighted by Gasteiger charge is 2.29. The van der Waals surface area contributed by atoms with Crippen molar-refractivity contribution in [3.63, 3.8) is 0 Å². The molecule has 1 aliphatic rings. The van der Waals surface area contributed by atoms with E-state index in [4.69, 9.17) is 5.11 Å². The number of hydrogen-bond acceptors (Lipinski definition) is 3. The van der Waals surface area contributed by atoms with Gasteiger partial charge in [0.15, 0.2) is 0 Å². The molecule has 1 aromatic carbocycles. The zero-order valence-electron chi connectivity index (χ0n) is 12.2. The van der Waals surface area contributed by atoms with Crippen LogP contribution >= 0.6 is 11.8 Å². The van der Waals surface area contributed by atoms with Crippen molar-refractivity contribution in [3.8, 4) is 0 Å². The maximum atomic E-state index is 12.6. The molecule has 0 spiro atoms. The average molecular weight is 307 g/mol. The van der Waals surface area contributed by atoms with E-state index < -0.39 is 5.97 Å². The Morgan fingerprint density at radius 2 is 2.05 bits per heavy atom. The van der Waals surface area contributed by atoms with Crippen LogP contribution in [0, 0.1) is 0 Å². The van der Waals surface area contributed by atoms with Gasteiger partial charge < -0.3 is 10.0 Å². The number of hydrogen-bond donors (Lipinski definition) is 1. The summed E-state index contributed by atoms with van der Waals surface area (Å²) in [6.07, 6.45) is 2.11. The van der Waals surface area contributed by atoms with Crippen LogP contribution in [-0.4, -0.2) is 46.0 Å². The van der Waals surface area contributed by atoms with Crippen LogP contribution in [0.1, 0.15) is 35.7 Å². The zero-order chi connectivity index (χ0) is 15.2. The topological polar surface area (TPSA) is 57.6 Å². The van der Waals surface area contributed by atoms with Gasteiger partial charge in [-0.05, 0) is 24.1 Å². The Morgan fingerprint density at radius 3 is 2.67 bits per heavy atom. The summed E-state index contributed by atoms with van der Waals surface area (Å²) in [4.78, 5) is 25.2. The van der Waals surface area contributed by atoms with Gasteiger partial charge in [-0.15, -0.1) is 0 Å². The summed E-state index contributed by atoms with van der Waals surface area (Å²) in [7, 11) is 0. The smallest absolute Gasteiger partial charge is 0.305 e. The van der Waals surface area contributed by atoms with Crippen LogP contribution in [0.3, 0.4) is 0 Å². The molecule has 1 fully saturated rings. The van der Waals surface area contributed by atoms with Crippen LogP contribution in [0.2, 0.25) is 0 Å². The van der Waals surface area contributed by atoms with Crippen LogP contribution < -0.4 is 0 Å². The minimum absolute atomic E-state index is 0.0205. The molecule has 1 N–H and O–H groups in total. The summed E-state index contributed by atoms with van der Waals surface area (Å²) >= 11 is 1.71. The van der Waals surface area contributed by atoms with Gasteiger partial charge in [0.25, 0.3) is 5.91 Å². The number of nitrogens with zero attached hydrogens (tertiary/aromatic N) is 1. The molecule has 0 aliphatic carbocycles. The van der Waals surface area contributed by atoms with E-state index in [0.29, 0.717) is 17.9 Å². The lowest BCUT2D eigenvalue weighted by Crippen LogP contribution is -2.47. The maximum absolute atomic E-state index is 12.6. The zero-order valence-corrected chi connectivity index (χ0v) is 13.1. The first-order chi connectivity index (χ1) is 10.1. The lowest BCUT2D eigenvalue weighted by molar-refractivity contribution is -0.138. The van der Waals surface area contributed by atoms with Crippen LogP contribution in [0.15, 0.2) is 24.3 Å². The predicted molar refractivity (Wildman–Crippen MR) is 84.8 cm³/mol. The fourth-order valence-corrected chi connectivity index (χ4v) is 3.62. The molecule has 1 atom stereocenters. The number of carbonyl (C=O) groups is 2. The van der Waals surface area contributed by atoms with Gasteiger partial charge in [0, 0.05) is 23.6 Å². The molecule has 0 radical (unpaired) electrons. The second-order valence-electron chi connectivity index (χ2n) is 5.27. The lowest BCUT2D eigenvalue weighted by atomic mass is 10.1. The van der Waals surface area contributed by atoms with Crippen molar-refractivity contribution in [2.45, 2.75) is 32.2 Å². The molecule has 1 aromatic rings. The number of carboxylic acids is 1. The summed E-state index contributed by atoms with van der Waals surface area (Å²) in [6, 6.07) is 7.48. The van der Waals surface area contributed by atoms with Crippen molar-refractivity contribution in [2.75, 3.05) is 18.1 Å². The van der Waals surface area contributed by atoms with Crippen LogP contribution in [-0.2, 0) is 11.2 Å². The second kappa shape index (κ2) is 7.50. The van der Waals surface area contributed by atoms with Gasteiger partial charge in [-0.2, -0.15) is 11.8 Å². The molecule has 114 valence electrons. The molecule has 2 rings (SSSR count). The molecule has 21 heavy (non-hydrogen) atoms. The monoisotopic (exact) mass is 307 g/mol. The number of thioether (sulfide) groups is 1. The number of carboxylic acid groups (broad SMARTS) is 1. The van der Waals surface area contributed by atoms with Gasteiger partial charge in [-0.1, -0.05) is 25.5 Å². The quantitative estimate of drug-likeness (QED) is 0.908. The molecule has 1 unspecified atom stereocenters. The highest BCUT2D eigenvalue weighted by atomic mass is 32.2. The predicted octanol–water partition coefficient (Wildman–Crippen LogP) is 2.67. The van der Waals surface area contributed by atoms with E-state index in [1.54, 1.807) is 16.7 Å². The summed E-state index contributed by atoms with van der Waals surface area (Å²) < 4.78 is 0. The normalized spacial score (nSPS) is 18.5. The van der Waals surface area contributed by atoms with Crippen molar-refractivity contribution in [1.82, 2.24) is 4.90 Å². The van der Waals surface area contributed by atoms with Gasteiger partial charge in [0.1, 0.15) is 0 Å². The average Bonchev–Trinajstić information content (AvgIpc) is 2.48. The van der Waals surface area contributed by atoms with Crippen LogP contribution in [0.4, 0.5) is 0 Å². The number of benzene rings is 1. The van der Waals surface area contributed by atoms with Gasteiger partial charge in [-0.3, -0.25) is 9.59 Å². The highest BCUT2D eigenvalue weighted by Crippen LogP contribution is 2.21. The highest BCUT2D eigenvalue weighted by molar-refractivity contribution is 7.99. The van der Waals surface area contributed by atoms with Gasteiger partial charge in [0.2, 0.25) is 0 Å². The molecule has 5 heteroatoms. The Balaban J connectivity index is 2.10. The molecule has 1 aliphatic heterocycles. The third kappa shape index (κ3) is 4.24. The van der Waals surface area contributed by atoms with Crippen molar-refractivity contribution in [1.29, 1.82) is 0 Å². The first-order valence-corrected chi connectivity index (χ1v) is 8.46. The van der Waals surface area contributed by atoms with E-state index in [0.717, 1.165) is 18.6 Å². The Bertz CT molecular complexity index is 501. The fourth-order valence-electron chi connectivity index (χ4n) is 2.56. The molecule has 0 aromatic heterocycles. The summed E-state index contributed by atoms with van der Waals surface area (Å²) in [5.41, 5.74) is 1.88. The van der Waals surface area contributed by atoms with E-state index in [9.17, 15) is 9.59 Å². The second-order valence-corrected chi connectivity index (χ2v) is 6.42. The Hall–Kier alpha value is -1.49. The van der Waals surface area contributed by atoms with E-state index in [2.05, 4.69) is 6.92 Å². The molecule has 1 heterocycles.